The summed E-state index contributed by atoms with van der Waals surface area (Å²) in [7, 11) is -4.15. The molecule has 0 amide bonds. The van der Waals surface area contributed by atoms with Gasteiger partial charge in [0.25, 0.3) is 15.7 Å². The van der Waals surface area contributed by atoms with Crippen LogP contribution >= 0.6 is 0 Å². The molecule has 3 aromatic carbocycles. The number of carbonyl (C=O) groups excluding carboxylic acids is 1. The molecule has 1 aliphatic rings. The third kappa shape index (κ3) is 3.13. The van der Waals surface area contributed by atoms with Gasteiger partial charge in [-0.15, -0.1) is 0 Å². The van der Waals surface area contributed by atoms with Crippen LogP contribution in [-0.2, 0) is 16.4 Å². The molecule has 0 radical (unpaired) electrons. The molecule has 162 valence electrons. The Bertz CT molecular complexity index is 1550. The lowest BCUT2D eigenvalue weighted by molar-refractivity contribution is -0.385. The van der Waals surface area contributed by atoms with Crippen molar-refractivity contribution in [1.29, 1.82) is 0 Å². The Kier molecular flexibility index (Phi) is 4.52. The Morgan fingerprint density at radius 3 is 2.53 bits per heavy atom. The molecule has 0 atom stereocenters. The fourth-order valence-electron chi connectivity index (χ4n) is 4.26. The molecule has 0 unspecified atom stereocenters. The number of hydrogen-bond donors (Lipinski definition) is 1. The summed E-state index contributed by atoms with van der Waals surface area (Å²) in [6.45, 7) is 1.57. The predicted molar refractivity (Wildman–Crippen MR) is 120 cm³/mol. The summed E-state index contributed by atoms with van der Waals surface area (Å²) in [4.78, 5) is 22.9. The lowest BCUT2D eigenvalue weighted by Crippen LogP contribution is -2.15. The molecule has 1 aliphatic carbocycles. The van der Waals surface area contributed by atoms with Gasteiger partial charge in [0.05, 0.1) is 21.1 Å². The quantitative estimate of drug-likeness (QED) is 0.340. The van der Waals surface area contributed by atoms with Crippen molar-refractivity contribution in [3.05, 3.63) is 75.5 Å². The Balaban J connectivity index is 1.72. The van der Waals surface area contributed by atoms with Gasteiger partial charge in [0.1, 0.15) is 11.3 Å². The van der Waals surface area contributed by atoms with E-state index in [9.17, 15) is 23.3 Å². The Labute approximate surface area is 183 Å². The van der Waals surface area contributed by atoms with Crippen molar-refractivity contribution in [2.45, 2.75) is 31.1 Å². The lowest BCUT2D eigenvalue weighted by Gasteiger charge is -2.13. The average Bonchev–Trinajstić information content (AvgIpc) is 3.13. The van der Waals surface area contributed by atoms with Crippen molar-refractivity contribution in [2.75, 3.05) is 4.72 Å². The van der Waals surface area contributed by atoms with E-state index in [4.69, 9.17) is 4.42 Å². The van der Waals surface area contributed by atoms with Gasteiger partial charge in [-0.1, -0.05) is 30.3 Å². The van der Waals surface area contributed by atoms with Gasteiger partial charge < -0.3 is 4.42 Å². The number of hydrogen-bond acceptors (Lipinski definition) is 6. The summed E-state index contributed by atoms with van der Waals surface area (Å²) in [6, 6.07) is 12.5. The lowest BCUT2D eigenvalue weighted by atomic mass is 9.93. The van der Waals surface area contributed by atoms with Crippen LogP contribution in [0.3, 0.4) is 0 Å². The minimum Gasteiger partial charge on any atom is -0.460 e. The maximum absolute atomic E-state index is 13.2. The second kappa shape index (κ2) is 7.16. The van der Waals surface area contributed by atoms with E-state index >= 15 is 0 Å². The van der Waals surface area contributed by atoms with E-state index in [1.807, 2.05) is 12.1 Å². The molecule has 0 fully saturated rings. The number of fused-ring (bicyclic) bond motifs is 5. The largest absolute Gasteiger partial charge is 0.460 e. The standard InChI is InChI=1S/C23H18N2O6S/c1-13-9-10-14(25(27)28)11-21(13)32(29,30)24-18-12-17-22-19(26)7-4-8-20(22)31-23(17)16-6-3-2-5-15(16)18/h2-3,5-6,9-12,24H,4,7-8H2,1H3. The van der Waals surface area contributed by atoms with Crippen LogP contribution in [0.15, 0.2) is 57.8 Å². The number of sulfonamides is 1. The number of nitro benzene ring substituents is 1. The number of ketones is 1. The van der Waals surface area contributed by atoms with Gasteiger partial charge in [0.2, 0.25) is 0 Å². The zero-order valence-electron chi connectivity index (χ0n) is 17.0. The molecular weight excluding hydrogens is 432 g/mol. The number of benzene rings is 3. The molecule has 0 spiro atoms. The first-order chi connectivity index (χ1) is 15.3. The molecule has 0 saturated carbocycles. The highest BCUT2D eigenvalue weighted by Gasteiger charge is 2.27. The third-order valence-electron chi connectivity index (χ3n) is 5.77. The molecule has 1 heterocycles. The molecule has 32 heavy (non-hydrogen) atoms. The minimum absolute atomic E-state index is 0.0244. The van der Waals surface area contributed by atoms with Crippen LogP contribution in [0, 0.1) is 17.0 Å². The first kappa shape index (κ1) is 20.2. The maximum Gasteiger partial charge on any atom is 0.270 e. The van der Waals surface area contributed by atoms with Crippen molar-refractivity contribution >= 4 is 48.9 Å². The number of carbonyl (C=O) groups is 1. The third-order valence-corrected chi connectivity index (χ3v) is 7.28. The van der Waals surface area contributed by atoms with E-state index in [1.165, 1.54) is 12.1 Å². The number of rotatable bonds is 4. The molecule has 8 nitrogen and oxygen atoms in total. The summed E-state index contributed by atoms with van der Waals surface area (Å²) >= 11 is 0. The highest BCUT2D eigenvalue weighted by Crippen LogP contribution is 2.40. The molecule has 0 bridgehead atoms. The number of furan rings is 1. The van der Waals surface area contributed by atoms with E-state index in [2.05, 4.69) is 4.72 Å². The Morgan fingerprint density at radius 1 is 1.03 bits per heavy atom. The van der Waals surface area contributed by atoms with Crippen LogP contribution in [-0.4, -0.2) is 19.1 Å². The second-order valence-corrected chi connectivity index (χ2v) is 9.49. The monoisotopic (exact) mass is 450 g/mol. The highest BCUT2D eigenvalue weighted by atomic mass is 32.2. The normalized spacial score (nSPS) is 14.0. The summed E-state index contributed by atoms with van der Waals surface area (Å²) in [5.74, 6) is 0.597. The van der Waals surface area contributed by atoms with E-state index in [-0.39, 0.29) is 22.1 Å². The summed E-state index contributed by atoms with van der Waals surface area (Å²) in [6.07, 6.45) is 1.79. The van der Waals surface area contributed by atoms with Crippen LogP contribution in [0.25, 0.3) is 21.7 Å². The van der Waals surface area contributed by atoms with Crippen LogP contribution in [0.5, 0.6) is 0 Å². The number of nitrogens with one attached hydrogen (secondary N) is 1. The Hall–Kier alpha value is -3.72. The molecule has 5 rings (SSSR count). The molecule has 0 aliphatic heterocycles. The topological polar surface area (TPSA) is 120 Å². The van der Waals surface area contributed by atoms with E-state index in [0.29, 0.717) is 51.5 Å². The number of nitrogens with zero attached hydrogens (tertiary/aromatic N) is 1. The summed E-state index contributed by atoms with van der Waals surface area (Å²) < 4.78 is 35.1. The molecule has 1 aromatic heterocycles. The SMILES string of the molecule is Cc1ccc([N+](=O)[O-])cc1S(=O)(=O)Nc1cc2c3c(oc2c2ccccc12)CCCC3=O. The van der Waals surface area contributed by atoms with Gasteiger partial charge >= 0.3 is 0 Å². The van der Waals surface area contributed by atoms with E-state index in [0.717, 1.165) is 12.5 Å². The van der Waals surface area contributed by atoms with Crippen LogP contribution in [0.2, 0.25) is 0 Å². The summed E-state index contributed by atoms with van der Waals surface area (Å²) in [5, 5.41) is 13.0. The number of nitro groups is 1. The van der Waals surface area contributed by atoms with Crippen molar-refractivity contribution < 1.29 is 22.6 Å². The zero-order valence-corrected chi connectivity index (χ0v) is 17.9. The first-order valence-corrected chi connectivity index (χ1v) is 11.5. The highest BCUT2D eigenvalue weighted by molar-refractivity contribution is 7.92. The number of aryl methyl sites for hydroxylation is 2. The number of Topliss-reactive ketones (excluding diaryl/α,β-unsaturated/α-hetero) is 1. The number of anilines is 1. The van der Waals surface area contributed by atoms with Crippen molar-refractivity contribution in [1.82, 2.24) is 0 Å². The van der Waals surface area contributed by atoms with Crippen molar-refractivity contribution in [2.24, 2.45) is 0 Å². The van der Waals surface area contributed by atoms with E-state index in [1.54, 1.807) is 25.1 Å². The minimum atomic E-state index is -4.15. The molecule has 9 heteroatoms. The van der Waals surface area contributed by atoms with Gasteiger partial charge in [0.15, 0.2) is 5.78 Å². The van der Waals surface area contributed by atoms with Crippen LogP contribution in [0.1, 0.15) is 34.5 Å². The maximum atomic E-state index is 13.2. The average molecular weight is 450 g/mol. The van der Waals surface area contributed by atoms with E-state index < -0.39 is 14.9 Å². The fourth-order valence-corrected chi connectivity index (χ4v) is 5.60. The molecule has 0 saturated heterocycles. The molecule has 4 aromatic rings. The molecular formula is C23H18N2O6S. The zero-order chi connectivity index (χ0) is 22.6. The predicted octanol–water partition coefficient (Wildman–Crippen LogP) is 5.12. The van der Waals surface area contributed by atoms with Gasteiger partial charge in [-0.25, -0.2) is 8.42 Å². The second-order valence-electron chi connectivity index (χ2n) is 7.84. The van der Waals surface area contributed by atoms with Crippen LogP contribution < -0.4 is 4.72 Å². The summed E-state index contributed by atoms with van der Waals surface area (Å²) in [5.41, 5.74) is 1.40. The number of non-ortho nitro benzene ring substituents is 1. The van der Waals surface area contributed by atoms with Gasteiger partial charge in [-0.2, -0.15) is 0 Å². The smallest absolute Gasteiger partial charge is 0.270 e. The van der Waals surface area contributed by atoms with Gasteiger partial charge in [-0.05, 0) is 25.0 Å². The molecule has 1 N–H and O–H groups in total. The first-order valence-electron chi connectivity index (χ1n) is 10.0. The fraction of sp³-hybridized carbons (Fsp3) is 0.174. The van der Waals surface area contributed by atoms with Gasteiger partial charge in [-0.3, -0.25) is 19.6 Å². The van der Waals surface area contributed by atoms with Crippen molar-refractivity contribution in [3.63, 3.8) is 0 Å². The van der Waals surface area contributed by atoms with Crippen LogP contribution in [0.4, 0.5) is 11.4 Å². The van der Waals surface area contributed by atoms with Crippen molar-refractivity contribution in [3.8, 4) is 0 Å². The van der Waals surface area contributed by atoms with Gasteiger partial charge in [0, 0.05) is 41.1 Å². The Morgan fingerprint density at radius 2 is 1.78 bits per heavy atom.